The third-order valence-electron chi connectivity index (χ3n) is 4.58. The molecule has 2 N–H and O–H groups in total. The number of H-pyrrole nitrogens is 1. The van der Waals surface area contributed by atoms with Crippen LogP contribution in [0.1, 0.15) is 5.56 Å². The minimum atomic E-state index is 0.712. The number of benzene rings is 3. The Bertz CT molecular complexity index is 1270. The second-order valence-electron chi connectivity index (χ2n) is 6.58. The van der Waals surface area contributed by atoms with Crippen LogP contribution >= 0.6 is 0 Å². The van der Waals surface area contributed by atoms with Gasteiger partial charge in [-0.15, -0.1) is 0 Å². The fourth-order valence-electron chi connectivity index (χ4n) is 3.24. The second-order valence-corrected chi connectivity index (χ2v) is 6.58. The van der Waals surface area contributed by atoms with Gasteiger partial charge in [-0.3, -0.25) is 5.10 Å². The van der Waals surface area contributed by atoms with E-state index in [1.54, 1.807) is 0 Å². The molecular formula is C22H17N5. The van der Waals surface area contributed by atoms with E-state index in [4.69, 9.17) is 9.97 Å². The molecule has 0 unspecified atom stereocenters. The molecule has 5 aromatic rings. The third kappa shape index (κ3) is 2.89. The SMILES string of the molecule is Cc1cccc(-c2nc(Nc3ccc4[nH]ncc4c3)c3ccccc3n2)c1. The molecule has 0 radical (unpaired) electrons. The summed E-state index contributed by atoms with van der Waals surface area (Å²) < 4.78 is 0. The smallest absolute Gasteiger partial charge is 0.162 e. The molecule has 0 aliphatic carbocycles. The Balaban J connectivity index is 1.65. The van der Waals surface area contributed by atoms with Gasteiger partial charge < -0.3 is 5.32 Å². The fourth-order valence-corrected chi connectivity index (χ4v) is 3.24. The number of nitrogens with one attached hydrogen (secondary N) is 2. The number of anilines is 2. The van der Waals surface area contributed by atoms with Crippen LogP contribution in [0.15, 0.2) is 72.9 Å². The first-order valence-corrected chi connectivity index (χ1v) is 8.80. The molecule has 2 aromatic heterocycles. The van der Waals surface area contributed by atoms with Gasteiger partial charge in [-0.1, -0.05) is 35.9 Å². The lowest BCUT2D eigenvalue weighted by Crippen LogP contribution is -1.99. The van der Waals surface area contributed by atoms with Crippen LogP contribution in [0.2, 0.25) is 0 Å². The number of aromatic nitrogens is 4. The molecule has 2 heterocycles. The number of aromatic amines is 1. The molecule has 0 aliphatic heterocycles. The minimum absolute atomic E-state index is 0.712. The molecule has 0 aliphatic rings. The first kappa shape index (κ1) is 15.5. The van der Waals surface area contributed by atoms with E-state index in [0.29, 0.717) is 5.82 Å². The zero-order valence-corrected chi connectivity index (χ0v) is 14.8. The molecule has 130 valence electrons. The van der Waals surface area contributed by atoms with Gasteiger partial charge in [0.25, 0.3) is 0 Å². The summed E-state index contributed by atoms with van der Waals surface area (Å²) in [6.45, 7) is 2.07. The monoisotopic (exact) mass is 351 g/mol. The van der Waals surface area contributed by atoms with E-state index in [0.717, 1.165) is 38.9 Å². The molecule has 0 atom stereocenters. The molecule has 0 fully saturated rings. The van der Waals surface area contributed by atoms with Gasteiger partial charge in [0.05, 0.1) is 17.2 Å². The Morgan fingerprint density at radius 3 is 2.74 bits per heavy atom. The molecule has 5 heteroatoms. The van der Waals surface area contributed by atoms with Crippen molar-refractivity contribution in [1.82, 2.24) is 20.2 Å². The van der Waals surface area contributed by atoms with Crippen molar-refractivity contribution in [3.05, 3.63) is 78.5 Å². The highest BCUT2D eigenvalue weighted by Gasteiger charge is 2.10. The van der Waals surface area contributed by atoms with Gasteiger partial charge in [-0.25, -0.2) is 9.97 Å². The summed E-state index contributed by atoms with van der Waals surface area (Å²) in [6.07, 6.45) is 1.82. The lowest BCUT2D eigenvalue weighted by atomic mass is 10.1. The summed E-state index contributed by atoms with van der Waals surface area (Å²) in [4.78, 5) is 9.59. The lowest BCUT2D eigenvalue weighted by Gasteiger charge is -2.11. The molecule has 0 saturated heterocycles. The maximum absolute atomic E-state index is 4.83. The number of nitrogens with zero attached hydrogens (tertiary/aromatic N) is 3. The van der Waals surface area contributed by atoms with Crippen LogP contribution in [0.25, 0.3) is 33.2 Å². The average molecular weight is 351 g/mol. The first-order chi connectivity index (χ1) is 13.3. The van der Waals surface area contributed by atoms with Crippen molar-refractivity contribution in [3.8, 4) is 11.4 Å². The number of aryl methyl sites for hydroxylation is 1. The number of fused-ring (bicyclic) bond motifs is 2. The van der Waals surface area contributed by atoms with Gasteiger partial charge in [0.2, 0.25) is 0 Å². The van der Waals surface area contributed by atoms with E-state index in [2.05, 4.69) is 40.6 Å². The standard InChI is InChI=1S/C22H17N5/c1-14-5-4-6-15(11-14)21-25-20-8-3-2-7-18(20)22(26-21)24-17-9-10-19-16(12-17)13-23-27-19/h2-13H,1H3,(H,23,27)(H,24,25,26). The summed E-state index contributed by atoms with van der Waals surface area (Å²) in [5, 5.41) is 12.6. The van der Waals surface area contributed by atoms with Crippen LogP contribution in [0.4, 0.5) is 11.5 Å². The fraction of sp³-hybridized carbons (Fsp3) is 0.0455. The van der Waals surface area contributed by atoms with Crippen molar-refractivity contribution in [1.29, 1.82) is 0 Å². The van der Waals surface area contributed by atoms with Crippen molar-refractivity contribution in [2.24, 2.45) is 0 Å². The van der Waals surface area contributed by atoms with Gasteiger partial charge in [-0.2, -0.15) is 5.10 Å². The van der Waals surface area contributed by atoms with Gasteiger partial charge in [0.15, 0.2) is 5.82 Å². The predicted octanol–water partition coefficient (Wildman–Crippen LogP) is 5.23. The summed E-state index contributed by atoms with van der Waals surface area (Å²) in [5.74, 6) is 1.50. The molecule has 3 aromatic carbocycles. The van der Waals surface area contributed by atoms with Crippen LogP contribution in [0.3, 0.4) is 0 Å². The van der Waals surface area contributed by atoms with Crippen molar-refractivity contribution < 1.29 is 0 Å². The van der Waals surface area contributed by atoms with Crippen LogP contribution < -0.4 is 5.32 Å². The van der Waals surface area contributed by atoms with Crippen LogP contribution in [-0.4, -0.2) is 20.2 Å². The van der Waals surface area contributed by atoms with Crippen molar-refractivity contribution in [2.75, 3.05) is 5.32 Å². The van der Waals surface area contributed by atoms with E-state index < -0.39 is 0 Å². The van der Waals surface area contributed by atoms with Gasteiger partial charge in [0.1, 0.15) is 5.82 Å². The number of rotatable bonds is 3. The molecule has 0 saturated carbocycles. The van der Waals surface area contributed by atoms with E-state index in [1.165, 1.54) is 5.56 Å². The van der Waals surface area contributed by atoms with Crippen molar-refractivity contribution in [3.63, 3.8) is 0 Å². The third-order valence-corrected chi connectivity index (χ3v) is 4.58. The van der Waals surface area contributed by atoms with E-state index >= 15 is 0 Å². The number of hydrogen-bond acceptors (Lipinski definition) is 4. The molecule has 5 nitrogen and oxygen atoms in total. The van der Waals surface area contributed by atoms with Gasteiger partial charge in [0, 0.05) is 22.0 Å². The average Bonchev–Trinajstić information content (AvgIpc) is 3.16. The normalized spacial score (nSPS) is 11.1. The van der Waals surface area contributed by atoms with Gasteiger partial charge >= 0.3 is 0 Å². The second kappa shape index (κ2) is 6.21. The minimum Gasteiger partial charge on any atom is -0.340 e. The maximum atomic E-state index is 4.83. The largest absolute Gasteiger partial charge is 0.340 e. The van der Waals surface area contributed by atoms with Crippen LogP contribution in [-0.2, 0) is 0 Å². The summed E-state index contributed by atoms with van der Waals surface area (Å²) in [5.41, 5.74) is 5.07. The molecule has 0 bridgehead atoms. The highest BCUT2D eigenvalue weighted by Crippen LogP contribution is 2.28. The highest BCUT2D eigenvalue weighted by atomic mass is 15.1. The van der Waals surface area contributed by atoms with Crippen molar-refractivity contribution >= 4 is 33.3 Å². The molecule has 0 spiro atoms. The van der Waals surface area contributed by atoms with E-state index in [9.17, 15) is 0 Å². The summed E-state index contributed by atoms with van der Waals surface area (Å²) >= 11 is 0. The zero-order chi connectivity index (χ0) is 18.2. The Kier molecular flexibility index (Phi) is 3.57. The quantitative estimate of drug-likeness (QED) is 0.467. The maximum Gasteiger partial charge on any atom is 0.162 e. The summed E-state index contributed by atoms with van der Waals surface area (Å²) in [6, 6.07) is 22.4. The van der Waals surface area contributed by atoms with Gasteiger partial charge in [-0.05, 0) is 43.3 Å². The Morgan fingerprint density at radius 2 is 1.81 bits per heavy atom. The molecular weight excluding hydrogens is 334 g/mol. The van der Waals surface area contributed by atoms with Crippen molar-refractivity contribution in [2.45, 2.75) is 6.92 Å². The Morgan fingerprint density at radius 1 is 0.889 bits per heavy atom. The summed E-state index contributed by atoms with van der Waals surface area (Å²) in [7, 11) is 0. The number of para-hydroxylation sites is 1. The topological polar surface area (TPSA) is 66.5 Å². The first-order valence-electron chi connectivity index (χ1n) is 8.80. The number of hydrogen-bond donors (Lipinski definition) is 2. The molecule has 0 amide bonds. The Hall–Kier alpha value is -3.73. The molecule has 27 heavy (non-hydrogen) atoms. The highest BCUT2D eigenvalue weighted by molar-refractivity contribution is 5.93. The van der Waals surface area contributed by atoms with Crippen LogP contribution in [0, 0.1) is 6.92 Å². The molecule has 5 rings (SSSR count). The predicted molar refractivity (Wildman–Crippen MR) is 109 cm³/mol. The van der Waals surface area contributed by atoms with E-state index in [-0.39, 0.29) is 0 Å². The van der Waals surface area contributed by atoms with E-state index in [1.807, 2.05) is 54.7 Å². The zero-order valence-electron chi connectivity index (χ0n) is 14.8. The Labute approximate surface area is 156 Å². The lowest BCUT2D eigenvalue weighted by molar-refractivity contribution is 1.12. The van der Waals surface area contributed by atoms with Crippen LogP contribution in [0.5, 0.6) is 0 Å².